The Hall–Kier alpha value is -0.300. The first kappa shape index (κ1) is 18.7. The maximum absolute atomic E-state index is 11.5. The predicted octanol–water partition coefficient (Wildman–Crippen LogP) is 2.15. The van der Waals surface area contributed by atoms with Gasteiger partial charge in [-0.15, -0.1) is 0 Å². The van der Waals surface area contributed by atoms with Crippen molar-refractivity contribution in [3.8, 4) is 0 Å². The molecule has 6 heteroatoms. The minimum atomic E-state index is -0.166. The number of amides is 1. The highest BCUT2D eigenvalue weighted by Crippen LogP contribution is 2.20. The third-order valence-electron chi connectivity index (χ3n) is 3.22. The number of hydrogen-bond acceptors (Lipinski definition) is 5. The lowest BCUT2D eigenvalue weighted by Gasteiger charge is -2.30. The molecule has 1 amide bonds. The van der Waals surface area contributed by atoms with E-state index in [0.29, 0.717) is 13.2 Å². The number of hydrogen-bond donors (Lipinski definition) is 2. The van der Waals surface area contributed by atoms with Gasteiger partial charge in [-0.2, -0.15) is 12.6 Å². The van der Waals surface area contributed by atoms with Crippen LogP contribution in [-0.4, -0.2) is 49.9 Å². The predicted molar refractivity (Wildman–Crippen MR) is 85.6 cm³/mol. The number of rotatable bonds is 10. The number of carbonyl (C=O) groups is 1. The van der Waals surface area contributed by atoms with Crippen LogP contribution in [0.3, 0.4) is 0 Å². The molecule has 0 saturated carbocycles. The van der Waals surface area contributed by atoms with Crippen molar-refractivity contribution in [2.75, 3.05) is 26.4 Å². The SMILES string of the molecule is CCCCNC(=O)COCC1CCCC(OCC(C)S)O1. The van der Waals surface area contributed by atoms with Crippen molar-refractivity contribution in [3.63, 3.8) is 0 Å². The van der Waals surface area contributed by atoms with Crippen LogP contribution in [0.2, 0.25) is 0 Å². The molecule has 0 aromatic heterocycles. The molecule has 1 N–H and O–H groups in total. The lowest BCUT2D eigenvalue weighted by molar-refractivity contribution is -0.203. The molecule has 0 spiro atoms. The summed E-state index contributed by atoms with van der Waals surface area (Å²) in [5.74, 6) is -0.0593. The Balaban J connectivity index is 2.09. The Kier molecular flexibility index (Phi) is 10.1. The van der Waals surface area contributed by atoms with Crippen molar-refractivity contribution < 1.29 is 19.0 Å². The molecule has 3 atom stereocenters. The average Bonchev–Trinajstić information content (AvgIpc) is 2.46. The standard InChI is InChI=1S/C15H29NO4S/c1-3-4-8-16-14(17)11-18-10-13-6-5-7-15(20-13)19-9-12(2)21/h12-13,15,21H,3-11H2,1-2H3,(H,16,17). The Morgan fingerprint density at radius 1 is 1.48 bits per heavy atom. The Labute approximate surface area is 133 Å². The third kappa shape index (κ3) is 9.34. The van der Waals surface area contributed by atoms with Gasteiger partial charge in [0.2, 0.25) is 5.91 Å². The molecule has 1 aliphatic rings. The van der Waals surface area contributed by atoms with Crippen LogP contribution in [0.15, 0.2) is 0 Å². The van der Waals surface area contributed by atoms with Crippen LogP contribution < -0.4 is 5.32 Å². The first-order chi connectivity index (χ1) is 10.1. The van der Waals surface area contributed by atoms with E-state index in [0.717, 1.165) is 38.6 Å². The first-order valence-corrected chi connectivity index (χ1v) is 8.43. The molecular weight excluding hydrogens is 290 g/mol. The molecule has 5 nitrogen and oxygen atoms in total. The summed E-state index contributed by atoms with van der Waals surface area (Å²) in [6.45, 7) is 5.93. The summed E-state index contributed by atoms with van der Waals surface area (Å²) >= 11 is 4.28. The topological polar surface area (TPSA) is 56.8 Å². The summed E-state index contributed by atoms with van der Waals surface area (Å²) in [5.41, 5.74) is 0. The van der Waals surface area contributed by atoms with E-state index in [1.165, 1.54) is 0 Å². The summed E-state index contributed by atoms with van der Waals surface area (Å²) in [7, 11) is 0. The summed E-state index contributed by atoms with van der Waals surface area (Å²) in [4.78, 5) is 11.5. The van der Waals surface area contributed by atoms with Crippen molar-refractivity contribution in [3.05, 3.63) is 0 Å². The molecule has 21 heavy (non-hydrogen) atoms. The number of nitrogens with one attached hydrogen (secondary N) is 1. The second kappa shape index (κ2) is 11.3. The highest BCUT2D eigenvalue weighted by atomic mass is 32.1. The molecule has 0 radical (unpaired) electrons. The smallest absolute Gasteiger partial charge is 0.245 e. The van der Waals surface area contributed by atoms with Gasteiger partial charge in [0, 0.05) is 11.8 Å². The van der Waals surface area contributed by atoms with Gasteiger partial charge in [-0.3, -0.25) is 4.79 Å². The molecule has 0 bridgehead atoms. The molecule has 0 aliphatic carbocycles. The molecule has 0 aromatic rings. The van der Waals surface area contributed by atoms with Gasteiger partial charge >= 0.3 is 0 Å². The van der Waals surface area contributed by atoms with Gasteiger partial charge in [0.15, 0.2) is 6.29 Å². The lowest BCUT2D eigenvalue weighted by Crippen LogP contribution is -2.35. The summed E-state index contributed by atoms with van der Waals surface area (Å²) < 4.78 is 16.9. The first-order valence-electron chi connectivity index (χ1n) is 7.91. The maximum Gasteiger partial charge on any atom is 0.245 e. The number of unbranched alkanes of at least 4 members (excludes halogenated alkanes) is 1. The number of ether oxygens (including phenoxy) is 3. The highest BCUT2D eigenvalue weighted by Gasteiger charge is 2.23. The molecule has 3 unspecified atom stereocenters. The lowest BCUT2D eigenvalue weighted by atomic mass is 10.1. The van der Waals surface area contributed by atoms with E-state index >= 15 is 0 Å². The van der Waals surface area contributed by atoms with Crippen molar-refractivity contribution in [2.45, 2.75) is 63.6 Å². The summed E-state index contributed by atoms with van der Waals surface area (Å²) in [5, 5.41) is 3.03. The van der Waals surface area contributed by atoms with E-state index in [4.69, 9.17) is 14.2 Å². The van der Waals surface area contributed by atoms with Gasteiger partial charge in [0.25, 0.3) is 0 Å². The van der Waals surface area contributed by atoms with Crippen LogP contribution in [0.4, 0.5) is 0 Å². The van der Waals surface area contributed by atoms with Gasteiger partial charge in [-0.1, -0.05) is 20.3 Å². The highest BCUT2D eigenvalue weighted by molar-refractivity contribution is 7.80. The summed E-state index contributed by atoms with van der Waals surface area (Å²) in [6.07, 6.45) is 4.84. The van der Waals surface area contributed by atoms with Crippen LogP contribution in [-0.2, 0) is 19.0 Å². The largest absolute Gasteiger partial charge is 0.369 e. The third-order valence-corrected chi connectivity index (χ3v) is 3.37. The van der Waals surface area contributed by atoms with Crippen molar-refractivity contribution in [1.29, 1.82) is 0 Å². The van der Waals surface area contributed by atoms with Gasteiger partial charge in [0.1, 0.15) is 6.61 Å². The zero-order valence-electron chi connectivity index (χ0n) is 13.2. The van der Waals surface area contributed by atoms with Crippen LogP contribution >= 0.6 is 12.6 Å². The summed E-state index contributed by atoms with van der Waals surface area (Å²) in [6, 6.07) is 0. The Morgan fingerprint density at radius 3 is 3.00 bits per heavy atom. The van der Waals surface area contributed by atoms with Crippen LogP contribution in [0.25, 0.3) is 0 Å². The Bertz CT molecular complexity index is 289. The molecule has 1 heterocycles. The van der Waals surface area contributed by atoms with Crippen LogP contribution in [0, 0.1) is 0 Å². The maximum atomic E-state index is 11.5. The number of carbonyl (C=O) groups excluding carboxylic acids is 1. The zero-order valence-corrected chi connectivity index (χ0v) is 14.1. The van der Waals surface area contributed by atoms with E-state index in [1.807, 2.05) is 6.92 Å². The number of thiol groups is 1. The van der Waals surface area contributed by atoms with Gasteiger partial charge in [-0.25, -0.2) is 0 Å². The van der Waals surface area contributed by atoms with Gasteiger partial charge in [0.05, 0.1) is 19.3 Å². The minimum Gasteiger partial charge on any atom is -0.369 e. The van der Waals surface area contributed by atoms with Crippen molar-refractivity contribution in [2.24, 2.45) is 0 Å². The van der Waals surface area contributed by atoms with Gasteiger partial charge < -0.3 is 19.5 Å². The van der Waals surface area contributed by atoms with E-state index < -0.39 is 0 Å². The molecule has 124 valence electrons. The fraction of sp³-hybridized carbons (Fsp3) is 0.933. The van der Waals surface area contributed by atoms with E-state index in [1.54, 1.807) is 0 Å². The quantitative estimate of drug-likeness (QED) is 0.478. The van der Waals surface area contributed by atoms with Crippen molar-refractivity contribution in [1.82, 2.24) is 5.32 Å². The molecular formula is C15H29NO4S. The Morgan fingerprint density at radius 2 is 2.29 bits per heavy atom. The fourth-order valence-corrected chi connectivity index (χ4v) is 2.18. The normalized spacial score (nSPS) is 23.8. The van der Waals surface area contributed by atoms with Gasteiger partial charge in [-0.05, 0) is 25.7 Å². The minimum absolute atomic E-state index is 0.0161. The average molecular weight is 319 g/mol. The monoisotopic (exact) mass is 319 g/mol. The van der Waals surface area contributed by atoms with E-state index in [9.17, 15) is 4.79 Å². The van der Waals surface area contributed by atoms with E-state index in [2.05, 4.69) is 24.9 Å². The zero-order chi connectivity index (χ0) is 15.5. The molecule has 1 fully saturated rings. The van der Waals surface area contributed by atoms with Crippen LogP contribution in [0.1, 0.15) is 46.0 Å². The second-order valence-electron chi connectivity index (χ2n) is 5.52. The van der Waals surface area contributed by atoms with Crippen LogP contribution in [0.5, 0.6) is 0 Å². The second-order valence-corrected chi connectivity index (χ2v) is 6.40. The van der Waals surface area contributed by atoms with Crippen molar-refractivity contribution >= 4 is 18.5 Å². The van der Waals surface area contributed by atoms with E-state index in [-0.39, 0.29) is 30.2 Å². The molecule has 0 aromatic carbocycles. The molecule has 1 rings (SSSR count). The molecule has 1 aliphatic heterocycles. The molecule has 1 saturated heterocycles. The fourth-order valence-electron chi connectivity index (χ4n) is 2.09.